The number of hydrogen-bond donors (Lipinski definition) is 2. The van der Waals surface area contributed by atoms with Crippen molar-refractivity contribution in [2.24, 2.45) is 11.8 Å². The smallest absolute Gasteiger partial charge is 0.310 e. The molecule has 2 N–H and O–H groups in total. The van der Waals surface area contributed by atoms with E-state index in [2.05, 4.69) is 10.5 Å². The molecule has 1 amide bonds. The Hall–Kier alpha value is -2.15. The number of aromatic nitrogens is 1. The van der Waals surface area contributed by atoms with Crippen LogP contribution >= 0.6 is 0 Å². The zero-order chi connectivity index (χ0) is 13.6. The number of ether oxygens (including phenoxy) is 1. The van der Waals surface area contributed by atoms with E-state index in [1.54, 1.807) is 25.1 Å². The summed E-state index contributed by atoms with van der Waals surface area (Å²) in [4.78, 5) is 23.4. The van der Waals surface area contributed by atoms with Gasteiger partial charge in [0.15, 0.2) is 5.82 Å². The van der Waals surface area contributed by atoms with Gasteiger partial charge in [0.25, 0.3) is 0 Å². The number of aryl methyl sites for hydroxylation is 1. The Labute approximate surface area is 108 Å². The van der Waals surface area contributed by atoms with Gasteiger partial charge in [0.1, 0.15) is 11.7 Å². The lowest BCUT2D eigenvalue weighted by molar-refractivity contribution is -0.145. The van der Waals surface area contributed by atoms with Crippen molar-refractivity contribution in [2.45, 2.75) is 19.1 Å². The summed E-state index contributed by atoms with van der Waals surface area (Å²) in [5.41, 5.74) is 0. The van der Waals surface area contributed by atoms with Gasteiger partial charge in [-0.2, -0.15) is 0 Å². The zero-order valence-electron chi connectivity index (χ0n) is 10.1. The predicted octanol–water partition coefficient (Wildman–Crippen LogP) is 0.576. The summed E-state index contributed by atoms with van der Waals surface area (Å²) in [6.45, 7) is 1.70. The minimum Gasteiger partial charge on any atom is -0.481 e. The number of carbonyl (C=O) groups excluding carboxylic acids is 1. The van der Waals surface area contributed by atoms with E-state index in [1.807, 2.05) is 0 Å². The molecule has 0 aromatic carbocycles. The number of fused-ring (bicyclic) bond motifs is 2. The summed E-state index contributed by atoms with van der Waals surface area (Å²) >= 11 is 0. The number of nitrogens with zero attached hydrogens (tertiary/aromatic N) is 1. The standard InChI is InChI=1S/C12H12N2O5/c1-5-4-8(14-19-5)13-11(15)9-6-2-3-7(18-6)10(9)12(16)17/h2-4,6-7,9-10H,1H3,(H,16,17)(H,13,14,15)/t6-,7-,9+,10-/m1/s1. The Morgan fingerprint density at radius 1 is 1.32 bits per heavy atom. The molecule has 2 aliphatic rings. The summed E-state index contributed by atoms with van der Waals surface area (Å²) in [7, 11) is 0. The van der Waals surface area contributed by atoms with Crippen molar-refractivity contribution in [2.75, 3.05) is 5.32 Å². The zero-order valence-corrected chi connectivity index (χ0v) is 10.1. The number of aliphatic carboxylic acids is 1. The SMILES string of the molecule is Cc1cc(NC(=O)[C@@H]2[C@H](C(=O)O)[C@H]3C=C[C@H]2O3)no1. The molecule has 1 saturated heterocycles. The number of anilines is 1. The van der Waals surface area contributed by atoms with E-state index in [1.165, 1.54) is 0 Å². The first kappa shape index (κ1) is 11.9. The molecule has 1 aromatic heterocycles. The Balaban J connectivity index is 1.79. The van der Waals surface area contributed by atoms with E-state index >= 15 is 0 Å². The summed E-state index contributed by atoms with van der Waals surface area (Å²) in [6, 6.07) is 1.57. The third-order valence-electron chi connectivity index (χ3n) is 3.37. The minimum absolute atomic E-state index is 0.276. The Morgan fingerprint density at radius 2 is 2.00 bits per heavy atom. The average Bonchev–Trinajstić information content (AvgIpc) is 3.03. The van der Waals surface area contributed by atoms with E-state index in [4.69, 9.17) is 9.26 Å². The second kappa shape index (κ2) is 4.20. The Morgan fingerprint density at radius 3 is 2.58 bits per heavy atom. The molecule has 2 aliphatic heterocycles. The quantitative estimate of drug-likeness (QED) is 0.774. The lowest BCUT2D eigenvalue weighted by Crippen LogP contribution is -2.39. The van der Waals surface area contributed by atoms with Crippen molar-refractivity contribution in [3.8, 4) is 0 Å². The van der Waals surface area contributed by atoms with Gasteiger partial charge in [-0.1, -0.05) is 17.3 Å². The molecule has 0 unspecified atom stereocenters. The van der Waals surface area contributed by atoms with E-state index in [-0.39, 0.29) is 5.82 Å². The van der Waals surface area contributed by atoms with Crippen molar-refractivity contribution in [3.05, 3.63) is 24.0 Å². The van der Waals surface area contributed by atoms with Crippen molar-refractivity contribution in [3.63, 3.8) is 0 Å². The van der Waals surface area contributed by atoms with Crippen LogP contribution in [0.4, 0.5) is 5.82 Å². The first-order valence-corrected chi connectivity index (χ1v) is 5.87. The second-order valence-electron chi connectivity index (χ2n) is 4.65. The highest BCUT2D eigenvalue weighted by Gasteiger charge is 2.53. The van der Waals surface area contributed by atoms with Crippen LogP contribution < -0.4 is 5.32 Å². The summed E-state index contributed by atoms with van der Waals surface area (Å²) < 4.78 is 10.3. The van der Waals surface area contributed by atoms with Gasteiger partial charge >= 0.3 is 5.97 Å². The minimum atomic E-state index is -1.03. The maximum atomic E-state index is 12.2. The molecule has 1 aromatic rings. The van der Waals surface area contributed by atoms with E-state index < -0.39 is 35.9 Å². The number of nitrogens with one attached hydrogen (secondary N) is 1. The molecule has 0 saturated carbocycles. The maximum absolute atomic E-state index is 12.2. The van der Waals surface area contributed by atoms with Crippen LogP contribution in [0.25, 0.3) is 0 Å². The molecule has 7 nitrogen and oxygen atoms in total. The first-order valence-electron chi connectivity index (χ1n) is 5.87. The van der Waals surface area contributed by atoms with E-state index in [0.29, 0.717) is 5.76 Å². The highest BCUT2D eigenvalue weighted by atomic mass is 16.5. The second-order valence-corrected chi connectivity index (χ2v) is 4.65. The Kier molecular flexibility index (Phi) is 2.63. The third-order valence-corrected chi connectivity index (χ3v) is 3.37. The Bertz CT molecular complexity index is 564. The van der Waals surface area contributed by atoms with Crippen LogP contribution in [0.5, 0.6) is 0 Å². The van der Waals surface area contributed by atoms with Crippen LogP contribution in [0.1, 0.15) is 5.76 Å². The van der Waals surface area contributed by atoms with Gasteiger partial charge in [-0.05, 0) is 6.92 Å². The van der Waals surface area contributed by atoms with Crippen LogP contribution in [0.3, 0.4) is 0 Å². The number of carbonyl (C=O) groups is 2. The molecule has 0 aliphatic carbocycles. The summed E-state index contributed by atoms with van der Waals surface area (Å²) in [6.07, 6.45) is 2.40. The lowest BCUT2D eigenvalue weighted by Gasteiger charge is -2.20. The van der Waals surface area contributed by atoms with Gasteiger partial charge in [0.2, 0.25) is 5.91 Å². The lowest BCUT2D eigenvalue weighted by atomic mass is 9.82. The largest absolute Gasteiger partial charge is 0.481 e. The predicted molar refractivity (Wildman–Crippen MR) is 62.3 cm³/mol. The van der Waals surface area contributed by atoms with Crippen LogP contribution in [-0.2, 0) is 14.3 Å². The average molecular weight is 264 g/mol. The third kappa shape index (κ3) is 1.91. The van der Waals surface area contributed by atoms with Gasteiger partial charge < -0.3 is 19.7 Å². The molecule has 100 valence electrons. The molecule has 3 rings (SSSR count). The van der Waals surface area contributed by atoms with Gasteiger partial charge in [0.05, 0.1) is 18.1 Å². The number of carboxylic acids is 1. The van der Waals surface area contributed by atoms with Crippen molar-refractivity contribution in [1.82, 2.24) is 5.16 Å². The van der Waals surface area contributed by atoms with Gasteiger partial charge in [0, 0.05) is 6.07 Å². The van der Waals surface area contributed by atoms with Gasteiger partial charge in [-0.3, -0.25) is 9.59 Å². The van der Waals surface area contributed by atoms with E-state index in [0.717, 1.165) is 0 Å². The summed E-state index contributed by atoms with van der Waals surface area (Å²) in [5, 5.41) is 15.4. The van der Waals surface area contributed by atoms with Crippen LogP contribution in [0.2, 0.25) is 0 Å². The highest BCUT2D eigenvalue weighted by molar-refractivity contribution is 5.96. The molecule has 7 heteroatoms. The highest BCUT2D eigenvalue weighted by Crippen LogP contribution is 2.39. The van der Waals surface area contributed by atoms with Gasteiger partial charge in [-0.25, -0.2) is 0 Å². The monoisotopic (exact) mass is 264 g/mol. The van der Waals surface area contributed by atoms with E-state index in [9.17, 15) is 14.7 Å². The first-order chi connectivity index (χ1) is 9.06. The molecule has 0 spiro atoms. The van der Waals surface area contributed by atoms with Crippen LogP contribution in [-0.4, -0.2) is 34.3 Å². The molecule has 2 bridgehead atoms. The number of rotatable bonds is 3. The molecule has 4 atom stereocenters. The molecular formula is C12H12N2O5. The van der Waals surface area contributed by atoms with Crippen LogP contribution in [0, 0.1) is 18.8 Å². The summed E-state index contributed by atoms with van der Waals surface area (Å²) in [5.74, 6) is -2.22. The molecule has 0 radical (unpaired) electrons. The normalized spacial score (nSPS) is 31.6. The maximum Gasteiger partial charge on any atom is 0.310 e. The van der Waals surface area contributed by atoms with Crippen molar-refractivity contribution >= 4 is 17.7 Å². The fourth-order valence-electron chi connectivity index (χ4n) is 2.55. The van der Waals surface area contributed by atoms with Crippen LogP contribution in [0.15, 0.2) is 22.7 Å². The molecule has 19 heavy (non-hydrogen) atoms. The number of carboxylic acid groups (broad SMARTS) is 1. The number of amides is 1. The number of hydrogen-bond acceptors (Lipinski definition) is 5. The fraction of sp³-hybridized carbons (Fsp3) is 0.417. The molecule has 1 fully saturated rings. The van der Waals surface area contributed by atoms with Gasteiger partial charge in [-0.15, -0.1) is 0 Å². The van der Waals surface area contributed by atoms with Crippen molar-refractivity contribution in [1.29, 1.82) is 0 Å². The molecular weight excluding hydrogens is 252 g/mol. The van der Waals surface area contributed by atoms with Crippen molar-refractivity contribution < 1.29 is 24.0 Å². The topological polar surface area (TPSA) is 102 Å². The fourth-order valence-corrected chi connectivity index (χ4v) is 2.55. The molecule has 3 heterocycles.